The first kappa shape index (κ1) is 13.0. The maximum Gasteiger partial charge on any atom is 0.260 e. The Morgan fingerprint density at radius 3 is 2.94 bits per heavy atom. The molecular weight excluding hydrogens is 298 g/mol. The Kier molecular flexibility index (Phi) is 3.98. The highest BCUT2D eigenvalue weighted by Crippen LogP contribution is 2.28. The summed E-state index contributed by atoms with van der Waals surface area (Å²) in [5.74, 6) is 0.927. The number of anilines is 1. The minimum atomic E-state index is -0.191. The lowest BCUT2D eigenvalue weighted by Gasteiger charge is -2.05. The lowest BCUT2D eigenvalue weighted by Crippen LogP contribution is -2.01. The molecule has 0 radical (unpaired) electrons. The fraction of sp³-hybridized carbons (Fsp3) is 0.333. The fourth-order valence-corrected chi connectivity index (χ4v) is 1.94. The second-order valence-electron chi connectivity index (χ2n) is 3.79. The summed E-state index contributed by atoms with van der Waals surface area (Å²) in [4.78, 5) is 4.29. The maximum atomic E-state index is 5.91. The van der Waals surface area contributed by atoms with E-state index in [4.69, 9.17) is 15.0 Å². The van der Waals surface area contributed by atoms with Crippen LogP contribution >= 0.6 is 15.9 Å². The molecule has 0 saturated heterocycles. The van der Waals surface area contributed by atoms with Gasteiger partial charge in [0.2, 0.25) is 5.82 Å². The molecule has 0 aliphatic heterocycles. The van der Waals surface area contributed by atoms with E-state index in [0.717, 1.165) is 10.0 Å². The van der Waals surface area contributed by atoms with Gasteiger partial charge in [-0.15, -0.1) is 0 Å². The summed E-state index contributed by atoms with van der Waals surface area (Å²) in [5.41, 5.74) is 7.22. The summed E-state index contributed by atoms with van der Waals surface area (Å²) < 4.78 is 11.5. The summed E-state index contributed by atoms with van der Waals surface area (Å²) in [5, 5.41) is 3.90. The molecule has 0 aliphatic carbocycles. The van der Waals surface area contributed by atoms with Gasteiger partial charge in [-0.25, -0.2) is 0 Å². The van der Waals surface area contributed by atoms with Gasteiger partial charge in [0.05, 0.1) is 5.56 Å². The van der Waals surface area contributed by atoms with Crippen LogP contribution in [0.25, 0.3) is 11.5 Å². The van der Waals surface area contributed by atoms with Crippen molar-refractivity contribution in [3.63, 3.8) is 0 Å². The molecule has 5 nitrogen and oxygen atoms in total. The Bertz CT molecular complexity index is 542. The van der Waals surface area contributed by atoms with E-state index in [0.29, 0.717) is 24.0 Å². The molecule has 1 aromatic heterocycles. The Labute approximate surface area is 113 Å². The molecule has 1 unspecified atom stereocenters. The van der Waals surface area contributed by atoms with Crippen molar-refractivity contribution in [3.8, 4) is 11.5 Å². The molecule has 96 valence electrons. The third-order valence-corrected chi connectivity index (χ3v) is 2.96. The highest BCUT2D eigenvalue weighted by atomic mass is 79.9. The standard InChI is InChI=1S/C12H14BrN3O2/c1-3-17-7(2)11-15-12(18-16-11)9-5-4-8(13)6-10(9)14/h4-7H,3,14H2,1-2H3. The van der Waals surface area contributed by atoms with Crippen molar-refractivity contribution in [2.45, 2.75) is 20.0 Å². The maximum absolute atomic E-state index is 5.91. The van der Waals surface area contributed by atoms with Crippen LogP contribution in [0.5, 0.6) is 0 Å². The number of hydrogen-bond acceptors (Lipinski definition) is 5. The van der Waals surface area contributed by atoms with Crippen molar-refractivity contribution in [3.05, 3.63) is 28.5 Å². The van der Waals surface area contributed by atoms with Gasteiger partial charge in [-0.05, 0) is 32.0 Å². The quantitative estimate of drug-likeness (QED) is 0.878. The molecule has 0 aliphatic rings. The van der Waals surface area contributed by atoms with E-state index < -0.39 is 0 Å². The first-order chi connectivity index (χ1) is 8.61. The van der Waals surface area contributed by atoms with Gasteiger partial charge >= 0.3 is 0 Å². The molecule has 2 rings (SSSR count). The van der Waals surface area contributed by atoms with Crippen LogP contribution in [-0.4, -0.2) is 16.7 Å². The average Bonchev–Trinajstić information content (AvgIpc) is 2.78. The van der Waals surface area contributed by atoms with Crippen molar-refractivity contribution >= 4 is 21.6 Å². The monoisotopic (exact) mass is 311 g/mol. The number of rotatable bonds is 4. The van der Waals surface area contributed by atoms with E-state index in [1.807, 2.05) is 26.0 Å². The van der Waals surface area contributed by atoms with Crippen LogP contribution in [0.2, 0.25) is 0 Å². The van der Waals surface area contributed by atoms with E-state index >= 15 is 0 Å². The summed E-state index contributed by atoms with van der Waals surface area (Å²) in [6.07, 6.45) is -0.191. The van der Waals surface area contributed by atoms with Gasteiger partial charge in [0.1, 0.15) is 6.10 Å². The summed E-state index contributed by atoms with van der Waals surface area (Å²) >= 11 is 3.35. The molecule has 6 heteroatoms. The molecule has 18 heavy (non-hydrogen) atoms. The van der Waals surface area contributed by atoms with E-state index in [2.05, 4.69) is 26.1 Å². The van der Waals surface area contributed by atoms with Crippen LogP contribution in [0, 0.1) is 0 Å². The largest absolute Gasteiger partial charge is 0.398 e. The number of nitrogen functional groups attached to an aromatic ring is 1. The van der Waals surface area contributed by atoms with E-state index in [1.54, 1.807) is 6.07 Å². The molecule has 0 fully saturated rings. The second-order valence-corrected chi connectivity index (χ2v) is 4.70. The Morgan fingerprint density at radius 2 is 2.28 bits per heavy atom. The minimum Gasteiger partial charge on any atom is -0.398 e. The Balaban J connectivity index is 2.29. The zero-order chi connectivity index (χ0) is 13.1. The number of benzene rings is 1. The van der Waals surface area contributed by atoms with Crippen LogP contribution in [0.15, 0.2) is 27.2 Å². The summed E-state index contributed by atoms with van der Waals surface area (Å²) in [6.45, 7) is 4.40. The number of nitrogens with zero attached hydrogens (tertiary/aromatic N) is 2. The van der Waals surface area contributed by atoms with Crippen molar-refractivity contribution < 1.29 is 9.26 Å². The minimum absolute atomic E-state index is 0.191. The van der Waals surface area contributed by atoms with Gasteiger partial charge in [0, 0.05) is 16.8 Å². The summed E-state index contributed by atoms with van der Waals surface area (Å²) in [6, 6.07) is 5.51. The lowest BCUT2D eigenvalue weighted by molar-refractivity contribution is 0.0683. The number of hydrogen-bond donors (Lipinski definition) is 1. The first-order valence-electron chi connectivity index (χ1n) is 5.62. The van der Waals surface area contributed by atoms with Crippen LogP contribution in [-0.2, 0) is 4.74 Å². The average molecular weight is 312 g/mol. The molecule has 1 atom stereocenters. The SMILES string of the molecule is CCOC(C)c1noc(-c2ccc(Br)cc2N)n1. The zero-order valence-electron chi connectivity index (χ0n) is 10.2. The van der Waals surface area contributed by atoms with Gasteiger partial charge < -0.3 is 15.0 Å². The number of ether oxygens (including phenoxy) is 1. The summed E-state index contributed by atoms with van der Waals surface area (Å²) in [7, 11) is 0. The van der Waals surface area contributed by atoms with Crippen molar-refractivity contribution in [2.75, 3.05) is 12.3 Å². The molecule has 0 spiro atoms. The third-order valence-electron chi connectivity index (χ3n) is 2.47. The van der Waals surface area contributed by atoms with Gasteiger partial charge in [-0.1, -0.05) is 21.1 Å². The van der Waals surface area contributed by atoms with Gasteiger partial charge in [0.25, 0.3) is 5.89 Å². The normalized spacial score (nSPS) is 12.6. The molecule has 0 bridgehead atoms. The number of nitrogens with two attached hydrogens (primary N) is 1. The Morgan fingerprint density at radius 1 is 1.50 bits per heavy atom. The van der Waals surface area contributed by atoms with Crippen LogP contribution in [0.4, 0.5) is 5.69 Å². The van der Waals surface area contributed by atoms with Crippen molar-refractivity contribution in [1.82, 2.24) is 10.1 Å². The number of halogens is 1. The van der Waals surface area contributed by atoms with Gasteiger partial charge in [-0.2, -0.15) is 4.98 Å². The second kappa shape index (κ2) is 5.49. The highest BCUT2D eigenvalue weighted by molar-refractivity contribution is 9.10. The molecule has 2 N–H and O–H groups in total. The first-order valence-corrected chi connectivity index (χ1v) is 6.41. The lowest BCUT2D eigenvalue weighted by atomic mass is 10.2. The predicted molar refractivity (Wildman–Crippen MR) is 71.9 cm³/mol. The zero-order valence-corrected chi connectivity index (χ0v) is 11.8. The molecule has 1 aromatic carbocycles. The predicted octanol–water partition coefficient (Wildman–Crippen LogP) is 3.18. The fourth-order valence-electron chi connectivity index (χ4n) is 1.56. The Hall–Kier alpha value is -1.40. The van der Waals surface area contributed by atoms with Crippen molar-refractivity contribution in [2.24, 2.45) is 0 Å². The highest BCUT2D eigenvalue weighted by Gasteiger charge is 2.16. The van der Waals surface area contributed by atoms with Crippen LogP contribution in [0.3, 0.4) is 0 Å². The smallest absolute Gasteiger partial charge is 0.260 e. The van der Waals surface area contributed by atoms with Crippen LogP contribution < -0.4 is 5.73 Å². The topological polar surface area (TPSA) is 74.2 Å². The van der Waals surface area contributed by atoms with E-state index in [-0.39, 0.29) is 6.10 Å². The van der Waals surface area contributed by atoms with Gasteiger partial charge in [-0.3, -0.25) is 0 Å². The van der Waals surface area contributed by atoms with Gasteiger partial charge in [0.15, 0.2) is 0 Å². The number of aromatic nitrogens is 2. The van der Waals surface area contributed by atoms with Crippen LogP contribution in [0.1, 0.15) is 25.8 Å². The molecule has 1 heterocycles. The molecular formula is C12H14BrN3O2. The molecule has 2 aromatic rings. The van der Waals surface area contributed by atoms with E-state index in [1.165, 1.54) is 0 Å². The van der Waals surface area contributed by atoms with Crippen molar-refractivity contribution in [1.29, 1.82) is 0 Å². The molecule has 0 saturated carbocycles. The third kappa shape index (κ3) is 2.70. The molecule has 0 amide bonds. The van der Waals surface area contributed by atoms with E-state index in [9.17, 15) is 0 Å².